The van der Waals surface area contributed by atoms with E-state index in [1.54, 1.807) is 24.3 Å². The molecule has 4 aromatic rings. The Labute approximate surface area is 309 Å². The molecule has 0 amide bonds. The molecule has 0 heterocycles. The van der Waals surface area contributed by atoms with E-state index in [0.717, 1.165) is 17.7 Å². The van der Waals surface area contributed by atoms with Gasteiger partial charge in [0.2, 0.25) is 0 Å². The number of aryl methyl sites for hydroxylation is 1. The van der Waals surface area contributed by atoms with E-state index in [1.807, 2.05) is 6.92 Å². The Morgan fingerprint density at radius 3 is 1.61 bits per heavy atom. The van der Waals surface area contributed by atoms with Gasteiger partial charge in [0.25, 0.3) is 0 Å². The van der Waals surface area contributed by atoms with E-state index in [9.17, 15) is 35.2 Å². The van der Waals surface area contributed by atoms with Gasteiger partial charge in [-0.05, 0) is 67.9 Å². The fourth-order valence-corrected chi connectivity index (χ4v) is 7.08. The monoisotopic (exact) mass is 799 g/mol. The summed E-state index contributed by atoms with van der Waals surface area (Å²) in [7, 11) is -12.6. The Morgan fingerprint density at radius 2 is 1.17 bits per heavy atom. The Kier molecular flexibility index (Phi) is 12.7. The lowest BCUT2D eigenvalue weighted by Gasteiger charge is -2.13. The molecule has 8 N–H and O–H groups in total. The van der Waals surface area contributed by atoms with E-state index in [0.29, 0.717) is 11.3 Å². The van der Waals surface area contributed by atoms with E-state index in [4.69, 9.17) is 21.8 Å². The number of nitrogens with zero attached hydrogens (tertiary/aromatic N) is 6. The van der Waals surface area contributed by atoms with Gasteiger partial charge in [-0.1, -0.05) is 35.9 Å². The summed E-state index contributed by atoms with van der Waals surface area (Å²) in [4.78, 5) is 12.4. The van der Waals surface area contributed by atoms with Crippen molar-refractivity contribution in [2.75, 3.05) is 23.8 Å². The topological polar surface area (TPSA) is 321 Å². The molecule has 0 radical (unpaired) electrons. The van der Waals surface area contributed by atoms with Gasteiger partial charge < -0.3 is 22.3 Å². The van der Waals surface area contributed by atoms with Gasteiger partial charge in [0.15, 0.2) is 19.7 Å². The van der Waals surface area contributed by atoms with Crippen LogP contribution in [0.15, 0.2) is 119 Å². The van der Waals surface area contributed by atoms with Crippen molar-refractivity contribution in [2.45, 2.75) is 24.5 Å². The van der Waals surface area contributed by atoms with Gasteiger partial charge in [-0.3, -0.25) is 4.55 Å². The molecule has 0 atom stereocenters. The Bertz CT molecular complexity index is 2500. The molecule has 0 fully saturated rings. The highest BCUT2D eigenvalue weighted by molar-refractivity contribution is 7.94. The van der Waals surface area contributed by atoms with Crippen molar-refractivity contribution in [2.24, 2.45) is 36.4 Å². The molecule has 0 aliphatic heterocycles. The summed E-state index contributed by atoms with van der Waals surface area (Å²) < 4.78 is 84.1. The van der Waals surface area contributed by atoms with Crippen LogP contribution in [0.2, 0.25) is 0 Å². The first kappa shape index (κ1) is 40.8. The van der Waals surface area contributed by atoms with Gasteiger partial charge in [-0.25, -0.2) is 25.8 Å². The molecular weight excluding hydrogens is 767 g/mol. The van der Waals surface area contributed by atoms with Crippen LogP contribution >= 0.6 is 0 Å². The van der Waals surface area contributed by atoms with E-state index in [2.05, 4.69) is 34.9 Å². The van der Waals surface area contributed by atoms with Crippen molar-refractivity contribution in [1.29, 1.82) is 0 Å². The first-order valence-electron chi connectivity index (χ1n) is 15.3. The number of nitrogen functional groups attached to an aromatic ring is 2. The maximum Gasteiger partial charge on any atom is 0.397 e. The zero-order valence-electron chi connectivity index (χ0n) is 28.4. The standard InChI is InChI=1S/C32H33N9O10S3/c1-3-25(33)53(46,47)18-20-6-10-22(11-7-20)37-40-30-26(32(42)43)29(39-36-21-8-4-19(2)5-9-21)27(34)31(28(30)35)41-38-23-12-14-24(15-13-23)52(44,45)17-16-51-54(48,49)50/h3-15H,16-18,33-35H2,1-2H3,(H,42,43)(H,48,49,50)/b25-3-,39-36?,40-37?,41-38-. The summed E-state index contributed by atoms with van der Waals surface area (Å²) in [6.45, 7) is 2.54. The third kappa shape index (κ3) is 10.6. The third-order valence-electron chi connectivity index (χ3n) is 7.26. The number of sulfone groups is 2. The number of rotatable bonds is 15. The van der Waals surface area contributed by atoms with Crippen molar-refractivity contribution < 1.29 is 43.9 Å². The summed E-state index contributed by atoms with van der Waals surface area (Å²) in [5.74, 6) is -2.67. The highest BCUT2D eigenvalue weighted by Gasteiger charge is 2.27. The molecule has 0 unspecified atom stereocenters. The van der Waals surface area contributed by atoms with Gasteiger partial charge in [0.05, 0.1) is 51.4 Å². The second kappa shape index (κ2) is 16.8. The summed E-state index contributed by atoms with van der Waals surface area (Å²) in [6, 6.07) is 17.5. The minimum Gasteiger partial charge on any atom is -0.478 e. The van der Waals surface area contributed by atoms with Gasteiger partial charge in [0, 0.05) is 0 Å². The van der Waals surface area contributed by atoms with Crippen LogP contribution in [0.5, 0.6) is 0 Å². The molecule has 0 aliphatic rings. The Hall–Kier alpha value is -5.94. The second-order valence-electron chi connectivity index (χ2n) is 11.2. The Morgan fingerprint density at radius 1 is 0.722 bits per heavy atom. The van der Waals surface area contributed by atoms with Crippen LogP contribution in [0.1, 0.15) is 28.4 Å². The third-order valence-corrected chi connectivity index (χ3v) is 11.1. The van der Waals surface area contributed by atoms with Crippen LogP contribution < -0.4 is 17.2 Å². The maximum atomic E-state index is 12.7. The molecule has 19 nitrogen and oxygen atoms in total. The Balaban J connectivity index is 1.76. The number of carbonyl (C=O) groups is 1. The molecule has 4 rings (SSSR count). The van der Waals surface area contributed by atoms with E-state index in [-0.39, 0.29) is 49.8 Å². The average molecular weight is 800 g/mol. The van der Waals surface area contributed by atoms with E-state index < -0.39 is 59.7 Å². The van der Waals surface area contributed by atoms with Gasteiger partial charge in [0.1, 0.15) is 27.7 Å². The molecule has 22 heteroatoms. The number of carboxylic acid groups (broad SMARTS) is 1. The largest absolute Gasteiger partial charge is 0.478 e. The van der Waals surface area contributed by atoms with Crippen LogP contribution in [-0.2, 0) is 40.0 Å². The normalized spacial score (nSPS) is 13.0. The fraction of sp³-hybridized carbons (Fsp3) is 0.156. The van der Waals surface area contributed by atoms with Crippen molar-refractivity contribution in [3.8, 4) is 0 Å². The first-order valence-corrected chi connectivity index (χ1v) is 20.0. The number of hydrogen-bond donors (Lipinski definition) is 5. The van der Waals surface area contributed by atoms with Crippen LogP contribution in [0.4, 0.5) is 45.5 Å². The molecule has 0 bridgehead atoms. The van der Waals surface area contributed by atoms with Crippen LogP contribution in [-0.4, -0.2) is 53.2 Å². The molecule has 0 saturated heterocycles. The molecule has 54 heavy (non-hydrogen) atoms. The van der Waals surface area contributed by atoms with Gasteiger partial charge in [-0.15, -0.1) is 15.3 Å². The predicted octanol–water partition coefficient (Wildman–Crippen LogP) is 6.43. The molecule has 284 valence electrons. The molecule has 0 saturated carbocycles. The van der Waals surface area contributed by atoms with Crippen molar-refractivity contribution in [3.63, 3.8) is 0 Å². The summed E-state index contributed by atoms with van der Waals surface area (Å²) >= 11 is 0. The summed E-state index contributed by atoms with van der Waals surface area (Å²) in [5.41, 5.74) is 18.0. The highest BCUT2D eigenvalue weighted by atomic mass is 32.3. The fourth-order valence-electron chi connectivity index (χ4n) is 4.43. The molecule has 0 spiro atoms. The zero-order valence-corrected chi connectivity index (χ0v) is 30.9. The highest BCUT2D eigenvalue weighted by Crippen LogP contribution is 2.49. The number of nitrogens with two attached hydrogens (primary N) is 3. The first-order chi connectivity index (χ1) is 25.3. The second-order valence-corrected chi connectivity index (χ2v) is 16.4. The van der Waals surface area contributed by atoms with Crippen molar-refractivity contribution in [1.82, 2.24) is 0 Å². The quantitative estimate of drug-likeness (QED) is 0.0492. The van der Waals surface area contributed by atoms with E-state index >= 15 is 0 Å². The average Bonchev–Trinajstić information content (AvgIpc) is 3.10. The van der Waals surface area contributed by atoms with Crippen LogP contribution in [0.25, 0.3) is 0 Å². The number of azo groups is 3. The van der Waals surface area contributed by atoms with Crippen LogP contribution in [0.3, 0.4) is 0 Å². The van der Waals surface area contributed by atoms with Crippen LogP contribution in [0, 0.1) is 6.92 Å². The molecule has 0 aromatic heterocycles. The number of allylic oxidation sites excluding steroid dienone is 1. The zero-order chi connectivity index (χ0) is 39.8. The number of aromatic carboxylic acids is 1. The number of hydrogen-bond acceptors (Lipinski definition) is 17. The minimum absolute atomic E-state index is 0.0912. The molecular formula is C32H33N9O10S3. The molecule has 0 aliphatic carbocycles. The van der Waals surface area contributed by atoms with E-state index in [1.165, 1.54) is 49.4 Å². The van der Waals surface area contributed by atoms with Crippen molar-refractivity contribution >= 4 is 81.5 Å². The van der Waals surface area contributed by atoms with Gasteiger partial charge in [-0.2, -0.15) is 23.8 Å². The van der Waals surface area contributed by atoms with Gasteiger partial charge >= 0.3 is 16.4 Å². The number of anilines is 2. The predicted molar refractivity (Wildman–Crippen MR) is 199 cm³/mol. The molecule has 4 aromatic carbocycles. The SMILES string of the molecule is C/C=C(/N)S(=O)(=O)Cc1ccc(N=Nc2c(N)c(/N=N\c3ccc(S(=O)(=O)CCOS(=O)(=O)O)cc3)c(N)c(N=Nc3ccc(C)cc3)c2C(=O)O)cc1. The number of benzene rings is 4. The lowest BCUT2D eigenvalue weighted by molar-refractivity contribution is 0.0698. The smallest absolute Gasteiger partial charge is 0.397 e. The van der Waals surface area contributed by atoms with Crippen molar-refractivity contribution in [3.05, 3.63) is 101 Å². The summed E-state index contributed by atoms with van der Waals surface area (Å²) in [5, 5.41) is 34.6. The summed E-state index contributed by atoms with van der Waals surface area (Å²) in [6.07, 6.45) is 1.28. The lowest BCUT2D eigenvalue weighted by Crippen LogP contribution is -2.15. The number of carboxylic acids is 1. The minimum atomic E-state index is -4.83. The lowest BCUT2D eigenvalue weighted by atomic mass is 10.1. The maximum absolute atomic E-state index is 12.7.